The topological polar surface area (TPSA) is 42.6 Å². The van der Waals surface area contributed by atoms with Crippen LogP contribution in [0, 0.1) is 0 Å². The molecule has 27 aromatic rings. The van der Waals surface area contributed by atoms with Gasteiger partial charge < -0.3 is 27.8 Å². The van der Waals surface area contributed by atoms with Gasteiger partial charge in [0.1, 0.15) is 22.3 Å². The van der Waals surface area contributed by atoms with E-state index in [1.54, 1.807) is 0 Å². The van der Waals surface area contributed by atoms with Crippen molar-refractivity contribution in [3.63, 3.8) is 0 Å². The van der Waals surface area contributed by atoms with Crippen molar-refractivity contribution in [2.45, 2.75) is 0 Å². The molecule has 654 valence electrons. The lowest BCUT2D eigenvalue weighted by atomic mass is 9.90. The van der Waals surface area contributed by atoms with Gasteiger partial charge in [0, 0.05) is 99.1 Å². The molecule has 6 nitrogen and oxygen atoms in total. The van der Waals surface area contributed by atoms with Crippen LogP contribution in [0.15, 0.2) is 531 Å². The van der Waals surface area contributed by atoms with E-state index in [-0.39, 0.29) is 0 Å². The molecular weight excluding hydrogens is 1700 g/mol. The molecule has 0 bridgehead atoms. The summed E-state index contributed by atoms with van der Waals surface area (Å²) in [5, 5.41) is 14.0. The molecular formula is C134H86N4O2. The molecule has 140 heavy (non-hydrogen) atoms. The van der Waals surface area contributed by atoms with Gasteiger partial charge in [0.15, 0.2) is 0 Å². The van der Waals surface area contributed by atoms with E-state index in [2.05, 4.69) is 535 Å². The summed E-state index contributed by atoms with van der Waals surface area (Å²) in [4.78, 5) is 4.88. The smallest absolute Gasteiger partial charge is 0.143 e. The van der Waals surface area contributed by atoms with Gasteiger partial charge in [-0.2, -0.15) is 0 Å². The molecule has 0 saturated carbocycles. The van der Waals surface area contributed by atoms with E-state index in [1.807, 2.05) is 6.07 Å². The van der Waals surface area contributed by atoms with E-state index < -0.39 is 0 Å². The Morgan fingerprint density at radius 2 is 0.479 bits per heavy atom. The minimum absolute atomic E-state index is 0.838. The van der Waals surface area contributed by atoms with Crippen LogP contribution in [0.4, 0.5) is 34.1 Å². The van der Waals surface area contributed by atoms with Crippen molar-refractivity contribution in [2.75, 3.05) is 9.80 Å². The summed E-state index contributed by atoms with van der Waals surface area (Å²) in [6, 6.07) is 191. The Morgan fingerprint density at radius 3 is 1.00 bits per heavy atom. The Hall–Kier alpha value is -18.6. The summed E-state index contributed by atoms with van der Waals surface area (Å²) in [5.41, 5.74) is 38.7. The standard InChI is InChI=1S/C134H86N4O2/c1-2-31-87(32-3-1)101-33-4-5-39-109(101)111-41-12-23-54-126(111)136(123-51-20-9-35-104(123)89-63-67-91(68-64-89)106-37-11-22-53-125(106)138-129-57-26-15-44-114(129)115-45-16-27-58-130(115)138)100-80-73-94(74-81-100)120-84-96(85-121-117-47-18-29-60-132(117)140-134(120)121)95-75-82-102-97(83-95)86-119(110-40-7-6-38-108(102)110)93-71-78-99(79-72-93)135(98-76-69-92(70-77-98)107-48-30-49-118-116-46-17-28-59-131(116)139-133(107)118)122-50-19-8-34-103(122)88-61-65-90(66-62-88)105-36-10-21-52-124(105)137-127-55-24-13-42-112(127)113-43-14-25-56-128(113)137/h1-86H. The van der Waals surface area contributed by atoms with Crippen LogP contribution in [0.2, 0.25) is 0 Å². The van der Waals surface area contributed by atoms with Crippen LogP contribution in [0.5, 0.6) is 0 Å². The third-order valence-electron chi connectivity index (χ3n) is 28.6. The molecule has 0 saturated heterocycles. The normalized spacial score (nSPS) is 11.7. The number of furan rings is 2. The van der Waals surface area contributed by atoms with Gasteiger partial charge >= 0.3 is 0 Å². The highest BCUT2D eigenvalue weighted by atomic mass is 16.3. The second-order valence-corrected chi connectivity index (χ2v) is 36.4. The Labute approximate surface area is 809 Å². The van der Waals surface area contributed by atoms with Gasteiger partial charge in [-0.1, -0.05) is 394 Å². The number of rotatable bonds is 18. The van der Waals surface area contributed by atoms with E-state index in [9.17, 15) is 0 Å². The number of benzene rings is 23. The Morgan fingerprint density at radius 1 is 0.150 bits per heavy atom. The molecule has 4 heterocycles. The van der Waals surface area contributed by atoms with Crippen molar-refractivity contribution in [3.05, 3.63) is 522 Å². The van der Waals surface area contributed by atoms with Crippen LogP contribution in [0.25, 0.3) is 232 Å². The summed E-state index contributed by atoms with van der Waals surface area (Å²) < 4.78 is 18.6. The minimum Gasteiger partial charge on any atom is -0.455 e. The zero-order chi connectivity index (χ0) is 92.2. The van der Waals surface area contributed by atoms with E-state index in [0.717, 1.165) is 206 Å². The monoisotopic (exact) mass is 1780 g/mol. The lowest BCUT2D eigenvalue weighted by molar-refractivity contribution is 0.669. The van der Waals surface area contributed by atoms with Gasteiger partial charge in [-0.25, -0.2) is 0 Å². The quantitative estimate of drug-likeness (QED) is 0.0803. The van der Waals surface area contributed by atoms with Gasteiger partial charge in [-0.3, -0.25) is 0 Å². The Balaban J connectivity index is 0.556. The molecule has 6 heteroatoms. The molecule has 4 aromatic heterocycles. The van der Waals surface area contributed by atoms with Gasteiger partial charge in [-0.05, 0) is 221 Å². The van der Waals surface area contributed by atoms with Crippen molar-refractivity contribution < 1.29 is 8.83 Å². The van der Waals surface area contributed by atoms with E-state index >= 15 is 0 Å². The lowest BCUT2D eigenvalue weighted by Crippen LogP contribution is -2.12. The van der Waals surface area contributed by atoms with Crippen molar-refractivity contribution in [1.29, 1.82) is 0 Å². The number of para-hydroxylation sites is 12. The molecule has 0 unspecified atom stereocenters. The highest BCUT2D eigenvalue weighted by Crippen LogP contribution is 2.52. The Kier molecular flexibility index (Phi) is 19.5. The third-order valence-corrected chi connectivity index (χ3v) is 28.6. The van der Waals surface area contributed by atoms with Crippen molar-refractivity contribution in [1.82, 2.24) is 9.13 Å². The zero-order valence-corrected chi connectivity index (χ0v) is 76.3. The van der Waals surface area contributed by atoms with Crippen LogP contribution in [0.3, 0.4) is 0 Å². The van der Waals surface area contributed by atoms with Crippen LogP contribution in [-0.2, 0) is 0 Å². The maximum absolute atomic E-state index is 7.07. The average Bonchev–Trinajstić information content (AvgIpc) is 1.64. The predicted molar refractivity (Wildman–Crippen MR) is 588 cm³/mol. The molecule has 0 aliphatic rings. The SMILES string of the molecule is c1ccc(-c2ccccc2-c2ccccc2N(c2ccc(-c3cc(-c4ccc5c(c4)cc(-c4ccc(N(c6ccc(-c7cccc8c7oc7ccccc78)cc6)c6ccccc6-c6ccc(-c7ccccc7-n7c8ccccc8c8ccccc87)cc6)cc4)c4ccccc45)cc4c3oc3ccccc34)cc2)c2ccccc2-c2ccc(-c3ccccc3-n3c4ccccc4c4ccccc43)cc2)cc1. The largest absolute Gasteiger partial charge is 0.455 e. The molecule has 0 fully saturated rings. The first-order valence-corrected chi connectivity index (χ1v) is 48.0. The number of hydrogen-bond donors (Lipinski definition) is 0. The molecule has 0 aliphatic carbocycles. The van der Waals surface area contributed by atoms with E-state index in [0.29, 0.717) is 0 Å². The summed E-state index contributed by atoms with van der Waals surface area (Å²) in [6.07, 6.45) is 0. The number of aromatic nitrogens is 2. The molecule has 27 rings (SSSR count). The minimum atomic E-state index is 0.838. The van der Waals surface area contributed by atoms with Gasteiger partial charge in [0.25, 0.3) is 0 Å². The van der Waals surface area contributed by atoms with Gasteiger partial charge in [0.05, 0.1) is 50.5 Å². The Bertz CT molecular complexity index is 9450. The van der Waals surface area contributed by atoms with Crippen LogP contribution in [-0.4, -0.2) is 9.13 Å². The maximum atomic E-state index is 7.07. The highest BCUT2D eigenvalue weighted by Gasteiger charge is 2.28. The van der Waals surface area contributed by atoms with Crippen LogP contribution in [0.1, 0.15) is 0 Å². The first-order chi connectivity index (χ1) is 69.5. The van der Waals surface area contributed by atoms with Crippen LogP contribution >= 0.6 is 0 Å². The fourth-order valence-corrected chi connectivity index (χ4v) is 22.1. The third kappa shape index (κ3) is 13.7. The van der Waals surface area contributed by atoms with Crippen molar-refractivity contribution >= 4 is 143 Å². The molecule has 23 aromatic carbocycles. The van der Waals surface area contributed by atoms with Gasteiger partial charge in [0.2, 0.25) is 0 Å². The van der Waals surface area contributed by atoms with Crippen LogP contribution < -0.4 is 9.80 Å². The van der Waals surface area contributed by atoms with Crippen molar-refractivity contribution in [2.24, 2.45) is 0 Å². The number of nitrogens with zero attached hydrogens (tertiary/aromatic N) is 4. The first kappa shape index (κ1) is 81.0. The second-order valence-electron chi connectivity index (χ2n) is 36.4. The van der Waals surface area contributed by atoms with Gasteiger partial charge in [-0.15, -0.1) is 0 Å². The summed E-state index contributed by atoms with van der Waals surface area (Å²) in [7, 11) is 0. The number of hydrogen-bond acceptors (Lipinski definition) is 4. The maximum Gasteiger partial charge on any atom is 0.143 e. The van der Waals surface area contributed by atoms with Crippen molar-refractivity contribution in [3.8, 4) is 123 Å². The second kappa shape index (κ2) is 33.8. The molecule has 0 atom stereocenters. The molecule has 0 amide bonds. The summed E-state index contributed by atoms with van der Waals surface area (Å²) >= 11 is 0. The highest BCUT2D eigenvalue weighted by molar-refractivity contribution is 6.18. The summed E-state index contributed by atoms with van der Waals surface area (Å²) in [6.45, 7) is 0. The summed E-state index contributed by atoms with van der Waals surface area (Å²) in [5.74, 6) is 0. The fraction of sp³-hybridized carbons (Fsp3) is 0. The first-order valence-electron chi connectivity index (χ1n) is 48.0. The molecule has 0 spiro atoms. The molecule has 0 radical (unpaired) electrons. The van der Waals surface area contributed by atoms with E-state index in [4.69, 9.17) is 8.83 Å². The zero-order valence-electron chi connectivity index (χ0n) is 76.3. The average molecular weight is 1780 g/mol. The predicted octanol–water partition coefficient (Wildman–Crippen LogP) is 37.6. The molecule has 0 N–H and O–H groups in total. The van der Waals surface area contributed by atoms with E-state index in [1.165, 1.54) is 59.8 Å². The lowest BCUT2D eigenvalue weighted by Gasteiger charge is -2.30. The molecule has 0 aliphatic heterocycles. The number of fused-ring (bicyclic) bond motifs is 15. The fourth-order valence-electron chi connectivity index (χ4n) is 22.1. The number of anilines is 6.